The lowest BCUT2D eigenvalue weighted by Crippen LogP contribution is -2.17. The molecule has 0 N–H and O–H groups in total. The summed E-state index contributed by atoms with van der Waals surface area (Å²) in [4.78, 5) is 0. The molecule has 0 spiro atoms. The van der Waals surface area contributed by atoms with Gasteiger partial charge in [-0.05, 0) is 42.9 Å². The highest BCUT2D eigenvalue weighted by molar-refractivity contribution is 7.41. The van der Waals surface area contributed by atoms with Gasteiger partial charge in [0.25, 0.3) is 0 Å². The van der Waals surface area contributed by atoms with Crippen molar-refractivity contribution in [3.63, 3.8) is 0 Å². The summed E-state index contributed by atoms with van der Waals surface area (Å²) in [6, 6.07) is 0. The van der Waals surface area contributed by atoms with Gasteiger partial charge in [-0.2, -0.15) is 0 Å². The van der Waals surface area contributed by atoms with E-state index in [0.29, 0.717) is 0 Å². The van der Waals surface area contributed by atoms with Crippen molar-refractivity contribution in [2.24, 2.45) is 0 Å². The van der Waals surface area contributed by atoms with Crippen LogP contribution in [0.1, 0.15) is 51.9 Å². The molecule has 2 bridgehead atoms. The van der Waals surface area contributed by atoms with Gasteiger partial charge < -0.3 is 0 Å². The summed E-state index contributed by atoms with van der Waals surface area (Å²) >= 11 is 0. The number of hydrogen-bond donors (Lipinski definition) is 0. The van der Waals surface area contributed by atoms with E-state index in [9.17, 15) is 0 Å². The van der Waals surface area contributed by atoms with Gasteiger partial charge in [-0.1, -0.05) is 19.8 Å². The van der Waals surface area contributed by atoms with Crippen molar-refractivity contribution in [2.75, 3.05) is 0 Å². The van der Waals surface area contributed by atoms with Crippen molar-refractivity contribution in [2.45, 2.75) is 62.7 Å². The van der Waals surface area contributed by atoms with Gasteiger partial charge in [0.2, 0.25) is 0 Å². The third-order valence-electron chi connectivity index (χ3n) is 3.62. The van der Waals surface area contributed by atoms with Crippen LogP contribution < -0.4 is 0 Å². The highest BCUT2D eigenvalue weighted by Crippen LogP contribution is 2.56. The average Bonchev–Trinajstić information content (AvgIpc) is 2.28. The molecule has 0 radical (unpaired) electrons. The zero-order valence-electron chi connectivity index (χ0n) is 7.53. The van der Waals surface area contributed by atoms with E-state index >= 15 is 0 Å². The van der Waals surface area contributed by atoms with Crippen LogP contribution in [-0.2, 0) is 0 Å². The first-order chi connectivity index (χ1) is 5.35. The van der Waals surface area contributed by atoms with Crippen LogP contribution in [0.5, 0.6) is 0 Å². The van der Waals surface area contributed by atoms with Gasteiger partial charge in [-0.25, -0.2) is 0 Å². The van der Waals surface area contributed by atoms with E-state index in [1.54, 1.807) is 25.7 Å². The minimum atomic E-state index is 0.848. The predicted molar refractivity (Wildman–Crippen MR) is 52.8 cm³/mol. The molecule has 0 aliphatic carbocycles. The molecule has 11 heavy (non-hydrogen) atoms. The van der Waals surface area contributed by atoms with Crippen LogP contribution in [0, 0.1) is 0 Å². The molecule has 2 saturated heterocycles. The Morgan fingerprint density at radius 2 is 2.18 bits per heavy atom. The molecule has 0 saturated carbocycles. The Morgan fingerprint density at radius 3 is 3.00 bits per heavy atom. The first-order valence-corrected chi connectivity index (χ1v) is 6.20. The highest BCUT2D eigenvalue weighted by atomic mass is 31.1. The van der Waals surface area contributed by atoms with E-state index in [1.165, 1.54) is 27.8 Å². The van der Waals surface area contributed by atoms with E-state index in [4.69, 9.17) is 0 Å². The van der Waals surface area contributed by atoms with Crippen LogP contribution >= 0.6 is 8.58 Å². The SMILES string of the molecule is CCC12CCCCC(CC1)P2. The minimum absolute atomic E-state index is 0.848. The third kappa shape index (κ3) is 1.47. The topological polar surface area (TPSA) is 0 Å². The second-order valence-corrected chi connectivity index (χ2v) is 6.43. The zero-order chi connectivity index (χ0) is 7.73. The number of hydrogen-bond acceptors (Lipinski definition) is 0. The maximum Gasteiger partial charge on any atom is -0.0122 e. The molecule has 0 nitrogen and oxygen atoms in total. The van der Waals surface area contributed by atoms with E-state index in [1.807, 2.05) is 0 Å². The second kappa shape index (κ2) is 3.05. The Kier molecular flexibility index (Phi) is 2.23. The van der Waals surface area contributed by atoms with Gasteiger partial charge >= 0.3 is 0 Å². The first kappa shape index (κ1) is 8.05. The molecule has 2 aliphatic rings. The quantitative estimate of drug-likeness (QED) is 0.528. The monoisotopic (exact) mass is 170 g/mol. The Balaban J connectivity index is 2.08. The van der Waals surface area contributed by atoms with E-state index in [-0.39, 0.29) is 0 Å². The zero-order valence-corrected chi connectivity index (χ0v) is 8.53. The van der Waals surface area contributed by atoms with Crippen LogP contribution in [0.4, 0.5) is 0 Å². The molecular formula is C10H19P. The van der Waals surface area contributed by atoms with Crippen LogP contribution in [0.15, 0.2) is 0 Å². The molecule has 0 aromatic rings. The van der Waals surface area contributed by atoms with Crippen LogP contribution in [-0.4, -0.2) is 10.8 Å². The molecule has 2 aliphatic heterocycles. The Hall–Kier alpha value is 0.430. The van der Waals surface area contributed by atoms with Crippen molar-refractivity contribution < 1.29 is 0 Å². The molecule has 3 atom stereocenters. The van der Waals surface area contributed by atoms with Gasteiger partial charge in [0, 0.05) is 0 Å². The Labute approximate surface area is 71.9 Å². The van der Waals surface area contributed by atoms with Crippen molar-refractivity contribution in [1.29, 1.82) is 0 Å². The fraction of sp³-hybridized carbons (Fsp3) is 1.00. The van der Waals surface area contributed by atoms with Gasteiger partial charge in [0.1, 0.15) is 0 Å². The summed E-state index contributed by atoms with van der Waals surface area (Å²) in [6.45, 7) is 2.40. The summed E-state index contributed by atoms with van der Waals surface area (Å²) in [5, 5.41) is 0.848. The minimum Gasteiger partial charge on any atom is -0.112 e. The third-order valence-corrected chi connectivity index (χ3v) is 6.07. The van der Waals surface area contributed by atoms with E-state index in [2.05, 4.69) is 6.92 Å². The first-order valence-electron chi connectivity index (χ1n) is 5.12. The van der Waals surface area contributed by atoms with Crippen LogP contribution in [0.2, 0.25) is 0 Å². The lowest BCUT2D eigenvalue weighted by atomic mass is 9.89. The molecular weight excluding hydrogens is 151 g/mol. The van der Waals surface area contributed by atoms with Gasteiger partial charge in [-0.3, -0.25) is 0 Å². The maximum atomic E-state index is 2.40. The van der Waals surface area contributed by atoms with Crippen molar-refractivity contribution in [3.8, 4) is 0 Å². The van der Waals surface area contributed by atoms with Gasteiger partial charge in [0.05, 0.1) is 0 Å². The molecule has 0 amide bonds. The van der Waals surface area contributed by atoms with Crippen LogP contribution in [0.3, 0.4) is 0 Å². The van der Waals surface area contributed by atoms with Crippen LogP contribution in [0.25, 0.3) is 0 Å². The van der Waals surface area contributed by atoms with Gasteiger partial charge in [-0.15, -0.1) is 8.58 Å². The largest absolute Gasteiger partial charge is 0.112 e. The lowest BCUT2D eigenvalue weighted by Gasteiger charge is -2.26. The summed E-state index contributed by atoms with van der Waals surface area (Å²) in [5.41, 5.74) is 1.15. The molecule has 0 aromatic heterocycles. The smallest absolute Gasteiger partial charge is 0.0122 e. The summed E-state index contributed by atoms with van der Waals surface area (Å²) in [6.07, 6.45) is 10.7. The molecule has 0 aromatic carbocycles. The number of fused-ring (bicyclic) bond motifs is 2. The van der Waals surface area contributed by atoms with Crippen molar-refractivity contribution in [3.05, 3.63) is 0 Å². The average molecular weight is 170 g/mol. The van der Waals surface area contributed by atoms with E-state index < -0.39 is 0 Å². The lowest BCUT2D eigenvalue weighted by molar-refractivity contribution is 0.444. The summed E-state index contributed by atoms with van der Waals surface area (Å²) in [5.74, 6) is 0. The number of rotatable bonds is 1. The summed E-state index contributed by atoms with van der Waals surface area (Å²) < 4.78 is 0. The Bertz CT molecular complexity index is 144. The Morgan fingerprint density at radius 1 is 1.27 bits per heavy atom. The summed E-state index contributed by atoms with van der Waals surface area (Å²) in [7, 11) is 1.32. The molecule has 2 heterocycles. The fourth-order valence-corrected chi connectivity index (χ4v) is 5.07. The molecule has 1 heteroatoms. The highest BCUT2D eigenvalue weighted by Gasteiger charge is 2.38. The van der Waals surface area contributed by atoms with Crippen molar-refractivity contribution >= 4 is 8.58 Å². The fourth-order valence-electron chi connectivity index (χ4n) is 2.75. The molecule has 2 fully saturated rings. The maximum absolute atomic E-state index is 2.40. The van der Waals surface area contributed by atoms with Gasteiger partial charge in [0.15, 0.2) is 0 Å². The molecule has 64 valence electrons. The predicted octanol–water partition coefficient (Wildman–Crippen LogP) is 3.55. The normalized spacial score (nSPS) is 46.1. The molecule has 3 unspecified atom stereocenters. The van der Waals surface area contributed by atoms with E-state index in [0.717, 1.165) is 10.8 Å². The molecule has 2 rings (SSSR count). The van der Waals surface area contributed by atoms with Crippen molar-refractivity contribution in [1.82, 2.24) is 0 Å². The standard InChI is InChI=1S/C10H19P/c1-2-10-7-4-3-5-9(11-10)6-8-10/h9,11H,2-8H2,1H3. The second-order valence-electron chi connectivity index (χ2n) is 4.26.